The van der Waals surface area contributed by atoms with Crippen LogP contribution in [-0.2, 0) is 13.2 Å². The monoisotopic (exact) mass is 217 g/mol. The van der Waals surface area contributed by atoms with E-state index in [4.69, 9.17) is 9.84 Å². The molecule has 0 atom stereocenters. The number of aliphatic hydroxyl groups is 1. The van der Waals surface area contributed by atoms with E-state index in [0.717, 1.165) is 18.0 Å². The molecule has 16 heavy (non-hydrogen) atoms. The van der Waals surface area contributed by atoms with Gasteiger partial charge in [-0.15, -0.1) is 0 Å². The molecule has 2 rings (SSSR count). The molecule has 0 amide bonds. The van der Waals surface area contributed by atoms with Crippen LogP contribution in [0.4, 0.5) is 0 Å². The number of hydrogen-bond donors (Lipinski definition) is 1. The van der Waals surface area contributed by atoms with Crippen molar-refractivity contribution in [2.24, 2.45) is 0 Å². The van der Waals surface area contributed by atoms with Gasteiger partial charge in [-0.1, -0.05) is 12.1 Å². The standard InChI is InChI=1S/C13H15NO2/c1-16-13-6-4-11(5-7-13)9-14-8-2-3-12(14)10-15/h2-8,15H,9-10H2,1H3. The maximum Gasteiger partial charge on any atom is 0.118 e. The molecule has 0 aliphatic rings. The van der Waals surface area contributed by atoms with Crippen LogP contribution in [-0.4, -0.2) is 16.8 Å². The number of methoxy groups -OCH3 is 1. The SMILES string of the molecule is COc1ccc(Cn2cccc2CO)cc1. The Morgan fingerprint density at radius 1 is 1.19 bits per heavy atom. The molecule has 0 radical (unpaired) electrons. The quantitative estimate of drug-likeness (QED) is 0.850. The number of rotatable bonds is 4. The molecule has 3 nitrogen and oxygen atoms in total. The van der Waals surface area contributed by atoms with Crippen LogP contribution in [0.15, 0.2) is 42.6 Å². The molecule has 1 heterocycles. The molecule has 0 unspecified atom stereocenters. The first-order valence-corrected chi connectivity index (χ1v) is 5.21. The molecule has 0 aliphatic heterocycles. The Kier molecular flexibility index (Phi) is 3.27. The molecule has 3 heteroatoms. The molecular weight excluding hydrogens is 202 g/mol. The first kappa shape index (κ1) is 10.8. The summed E-state index contributed by atoms with van der Waals surface area (Å²) in [6, 6.07) is 11.8. The predicted molar refractivity (Wildman–Crippen MR) is 62.5 cm³/mol. The largest absolute Gasteiger partial charge is 0.497 e. The lowest BCUT2D eigenvalue weighted by atomic mass is 10.2. The molecular formula is C13H15NO2. The van der Waals surface area contributed by atoms with Crippen molar-refractivity contribution in [2.45, 2.75) is 13.2 Å². The van der Waals surface area contributed by atoms with E-state index in [1.807, 2.05) is 47.2 Å². The van der Waals surface area contributed by atoms with Crippen molar-refractivity contribution < 1.29 is 9.84 Å². The van der Waals surface area contributed by atoms with Crippen LogP contribution in [0.1, 0.15) is 11.3 Å². The summed E-state index contributed by atoms with van der Waals surface area (Å²) in [5.41, 5.74) is 2.11. The predicted octanol–water partition coefficient (Wildman–Crippen LogP) is 2.04. The van der Waals surface area contributed by atoms with Crippen LogP contribution >= 0.6 is 0 Å². The van der Waals surface area contributed by atoms with Gasteiger partial charge in [0.15, 0.2) is 0 Å². The average molecular weight is 217 g/mol. The molecule has 0 aliphatic carbocycles. The Labute approximate surface area is 94.9 Å². The van der Waals surface area contributed by atoms with Crippen molar-refractivity contribution >= 4 is 0 Å². The highest BCUT2D eigenvalue weighted by atomic mass is 16.5. The lowest BCUT2D eigenvalue weighted by molar-refractivity contribution is 0.271. The Bertz CT molecular complexity index is 445. The lowest BCUT2D eigenvalue weighted by Crippen LogP contribution is -2.02. The van der Waals surface area contributed by atoms with Gasteiger partial charge in [-0.05, 0) is 29.8 Å². The van der Waals surface area contributed by atoms with Gasteiger partial charge in [0.2, 0.25) is 0 Å². The third kappa shape index (κ3) is 2.25. The molecule has 0 fully saturated rings. The summed E-state index contributed by atoms with van der Waals surface area (Å²) in [5, 5.41) is 9.13. The molecule has 84 valence electrons. The maximum absolute atomic E-state index is 9.13. The van der Waals surface area contributed by atoms with Gasteiger partial charge in [0.25, 0.3) is 0 Å². The number of aromatic nitrogens is 1. The van der Waals surface area contributed by atoms with E-state index >= 15 is 0 Å². The highest BCUT2D eigenvalue weighted by Gasteiger charge is 2.00. The summed E-state index contributed by atoms with van der Waals surface area (Å²) < 4.78 is 7.13. The van der Waals surface area contributed by atoms with E-state index in [0.29, 0.717) is 0 Å². The molecule has 0 saturated heterocycles. The van der Waals surface area contributed by atoms with E-state index in [1.165, 1.54) is 5.56 Å². The Balaban J connectivity index is 2.14. The highest BCUT2D eigenvalue weighted by molar-refractivity contribution is 5.27. The van der Waals surface area contributed by atoms with Crippen LogP contribution in [0.25, 0.3) is 0 Å². The van der Waals surface area contributed by atoms with Gasteiger partial charge in [-0.2, -0.15) is 0 Å². The zero-order valence-corrected chi connectivity index (χ0v) is 9.26. The molecule has 0 saturated carbocycles. The number of benzene rings is 1. The minimum absolute atomic E-state index is 0.0726. The zero-order valence-electron chi connectivity index (χ0n) is 9.26. The van der Waals surface area contributed by atoms with Gasteiger partial charge in [0, 0.05) is 18.4 Å². The van der Waals surface area contributed by atoms with Gasteiger partial charge < -0.3 is 14.4 Å². The van der Waals surface area contributed by atoms with Crippen LogP contribution in [0.5, 0.6) is 5.75 Å². The van der Waals surface area contributed by atoms with Gasteiger partial charge in [0.05, 0.1) is 13.7 Å². The first-order chi connectivity index (χ1) is 7.83. The first-order valence-electron chi connectivity index (χ1n) is 5.21. The fourth-order valence-corrected chi connectivity index (χ4v) is 1.67. The van der Waals surface area contributed by atoms with Crippen molar-refractivity contribution in [3.8, 4) is 5.75 Å². The summed E-state index contributed by atoms with van der Waals surface area (Å²) in [5.74, 6) is 0.860. The second-order valence-electron chi connectivity index (χ2n) is 3.63. The Morgan fingerprint density at radius 3 is 2.56 bits per heavy atom. The van der Waals surface area contributed by atoms with E-state index in [1.54, 1.807) is 7.11 Å². The van der Waals surface area contributed by atoms with Gasteiger partial charge >= 0.3 is 0 Å². The fourth-order valence-electron chi connectivity index (χ4n) is 1.67. The van der Waals surface area contributed by atoms with Crippen molar-refractivity contribution in [1.29, 1.82) is 0 Å². The lowest BCUT2D eigenvalue weighted by Gasteiger charge is -2.08. The van der Waals surface area contributed by atoms with Crippen LogP contribution in [0.3, 0.4) is 0 Å². The van der Waals surface area contributed by atoms with E-state index < -0.39 is 0 Å². The van der Waals surface area contributed by atoms with Gasteiger partial charge in [-0.25, -0.2) is 0 Å². The third-order valence-electron chi connectivity index (χ3n) is 2.60. The van der Waals surface area contributed by atoms with Crippen LogP contribution in [0, 0.1) is 0 Å². The molecule has 1 aromatic carbocycles. The smallest absolute Gasteiger partial charge is 0.118 e. The minimum Gasteiger partial charge on any atom is -0.497 e. The van der Waals surface area contributed by atoms with Gasteiger partial charge in [0.1, 0.15) is 5.75 Å². The van der Waals surface area contributed by atoms with Crippen molar-refractivity contribution in [3.05, 3.63) is 53.9 Å². The zero-order chi connectivity index (χ0) is 11.4. The average Bonchev–Trinajstić information content (AvgIpc) is 2.77. The number of nitrogens with zero attached hydrogens (tertiary/aromatic N) is 1. The summed E-state index contributed by atoms with van der Waals surface area (Å²) in [6.45, 7) is 0.843. The van der Waals surface area contributed by atoms with Crippen molar-refractivity contribution in [1.82, 2.24) is 4.57 Å². The topological polar surface area (TPSA) is 34.4 Å². The molecule has 2 aromatic rings. The maximum atomic E-state index is 9.13. The number of hydrogen-bond acceptors (Lipinski definition) is 2. The van der Waals surface area contributed by atoms with Crippen molar-refractivity contribution in [2.75, 3.05) is 7.11 Å². The van der Waals surface area contributed by atoms with Crippen LogP contribution in [0.2, 0.25) is 0 Å². The third-order valence-corrected chi connectivity index (χ3v) is 2.60. The van der Waals surface area contributed by atoms with E-state index in [-0.39, 0.29) is 6.61 Å². The molecule has 0 bridgehead atoms. The molecule has 0 spiro atoms. The molecule has 1 N–H and O–H groups in total. The Hall–Kier alpha value is -1.74. The summed E-state index contributed by atoms with van der Waals surface area (Å²) in [6.07, 6.45) is 1.97. The number of ether oxygens (including phenoxy) is 1. The second kappa shape index (κ2) is 4.86. The molecule has 1 aromatic heterocycles. The second-order valence-corrected chi connectivity index (χ2v) is 3.63. The summed E-state index contributed by atoms with van der Waals surface area (Å²) in [7, 11) is 1.66. The minimum atomic E-state index is 0.0726. The van der Waals surface area contributed by atoms with E-state index in [2.05, 4.69) is 0 Å². The fraction of sp³-hybridized carbons (Fsp3) is 0.231. The Morgan fingerprint density at radius 2 is 1.94 bits per heavy atom. The van der Waals surface area contributed by atoms with E-state index in [9.17, 15) is 0 Å². The van der Waals surface area contributed by atoms with Crippen LogP contribution < -0.4 is 4.74 Å². The summed E-state index contributed by atoms with van der Waals surface area (Å²) in [4.78, 5) is 0. The normalized spacial score (nSPS) is 10.4. The van der Waals surface area contributed by atoms with Crippen molar-refractivity contribution in [3.63, 3.8) is 0 Å². The summed E-state index contributed by atoms with van der Waals surface area (Å²) >= 11 is 0. The highest BCUT2D eigenvalue weighted by Crippen LogP contribution is 2.13. The number of aliphatic hydroxyl groups excluding tert-OH is 1. The van der Waals surface area contributed by atoms with Gasteiger partial charge in [-0.3, -0.25) is 0 Å².